The molecule has 0 saturated carbocycles. The number of fused-ring (bicyclic) bond motifs is 1. The van der Waals surface area contributed by atoms with Crippen molar-refractivity contribution in [2.45, 2.75) is 32.9 Å². The molecule has 0 aliphatic carbocycles. The first-order chi connectivity index (χ1) is 13.5. The maximum absolute atomic E-state index is 12.1. The lowest BCUT2D eigenvalue weighted by atomic mass is 10.1. The van der Waals surface area contributed by atoms with E-state index in [4.69, 9.17) is 21.1 Å². The van der Waals surface area contributed by atoms with Crippen LogP contribution >= 0.6 is 11.6 Å². The molecule has 0 bridgehead atoms. The van der Waals surface area contributed by atoms with Gasteiger partial charge in [0, 0.05) is 34.7 Å². The van der Waals surface area contributed by atoms with Gasteiger partial charge in [-0.05, 0) is 50.2 Å². The zero-order valence-corrected chi connectivity index (χ0v) is 16.6. The number of amides is 2. The first-order valence-corrected chi connectivity index (χ1v) is 9.59. The molecule has 1 heterocycles. The van der Waals surface area contributed by atoms with E-state index in [1.165, 1.54) is 0 Å². The Morgan fingerprint density at radius 3 is 2.68 bits per heavy atom. The average molecular weight is 403 g/mol. The van der Waals surface area contributed by atoms with Crippen molar-refractivity contribution in [1.29, 1.82) is 0 Å². The third-order valence-electron chi connectivity index (χ3n) is 4.37. The number of nitrogens with one attached hydrogen (secondary N) is 2. The summed E-state index contributed by atoms with van der Waals surface area (Å²) in [4.78, 5) is 24.2. The van der Waals surface area contributed by atoms with Gasteiger partial charge >= 0.3 is 0 Å². The first kappa shape index (κ1) is 20.0. The maximum atomic E-state index is 12.1. The van der Waals surface area contributed by atoms with Crippen LogP contribution in [0.2, 0.25) is 5.02 Å². The molecule has 1 atom stereocenters. The Morgan fingerprint density at radius 1 is 1.21 bits per heavy atom. The van der Waals surface area contributed by atoms with Crippen LogP contribution < -0.4 is 20.1 Å². The van der Waals surface area contributed by atoms with E-state index in [1.807, 2.05) is 26.0 Å². The van der Waals surface area contributed by atoms with Crippen molar-refractivity contribution in [2.24, 2.45) is 0 Å². The van der Waals surface area contributed by atoms with Crippen molar-refractivity contribution in [3.8, 4) is 11.5 Å². The standard InChI is InChI=1S/C21H23ClN2O4/c1-3-27-18-9-15-8-13(2)28-19(15)10-16(18)11-23-20(25)12-24-21(26)14-4-6-17(22)7-5-14/h4-7,9-10,13H,3,8,11-12H2,1-2H3,(H,23,25)(H,24,26)/t13-/m1/s1. The quantitative estimate of drug-likeness (QED) is 0.746. The van der Waals surface area contributed by atoms with E-state index in [0.717, 1.165) is 29.0 Å². The molecule has 2 aromatic rings. The third-order valence-corrected chi connectivity index (χ3v) is 4.62. The smallest absolute Gasteiger partial charge is 0.251 e. The Balaban J connectivity index is 1.56. The largest absolute Gasteiger partial charge is 0.494 e. The zero-order valence-electron chi connectivity index (χ0n) is 15.9. The lowest BCUT2D eigenvalue weighted by Gasteiger charge is -2.13. The van der Waals surface area contributed by atoms with E-state index in [9.17, 15) is 9.59 Å². The van der Waals surface area contributed by atoms with Gasteiger partial charge in [0.15, 0.2) is 0 Å². The zero-order chi connectivity index (χ0) is 20.1. The number of ether oxygens (including phenoxy) is 2. The van der Waals surface area contributed by atoms with Crippen LogP contribution in [0.1, 0.15) is 35.3 Å². The molecule has 0 saturated heterocycles. The molecule has 2 amide bonds. The summed E-state index contributed by atoms with van der Waals surface area (Å²) < 4.78 is 11.5. The van der Waals surface area contributed by atoms with E-state index in [2.05, 4.69) is 10.6 Å². The number of benzene rings is 2. The van der Waals surface area contributed by atoms with Gasteiger partial charge in [-0.3, -0.25) is 9.59 Å². The summed E-state index contributed by atoms with van der Waals surface area (Å²) in [7, 11) is 0. The molecule has 7 heteroatoms. The van der Waals surface area contributed by atoms with Crippen LogP contribution in [0, 0.1) is 0 Å². The average Bonchev–Trinajstić information content (AvgIpc) is 3.03. The summed E-state index contributed by atoms with van der Waals surface area (Å²) in [5.41, 5.74) is 2.40. The molecule has 0 aromatic heterocycles. The molecule has 3 rings (SSSR count). The fraction of sp³-hybridized carbons (Fsp3) is 0.333. The number of carbonyl (C=O) groups is 2. The van der Waals surface area contributed by atoms with Gasteiger partial charge in [-0.2, -0.15) is 0 Å². The fourth-order valence-corrected chi connectivity index (χ4v) is 3.16. The number of halogens is 1. The summed E-state index contributed by atoms with van der Waals surface area (Å²) in [5.74, 6) is 0.946. The highest BCUT2D eigenvalue weighted by Crippen LogP contribution is 2.35. The minimum atomic E-state index is -0.332. The molecule has 6 nitrogen and oxygen atoms in total. The minimum Gasteiger partial charge on any atom is -0.494 e. The lowest BCUT2D eigenvalue weighted by molar-refractivity contribution is -0.120. The Labute approximate surface area is 169 Å². The van der Waals surface area contributed by atoms with E-state index >= 15 is 0 Å². The molecule has 0 radical (unpaired) electrons. The molecule has 0 unspecified atom stereocenters. The predicted molar refractivity (Wildman–Crippen MR) is 107 cm³/mol. The molecular formula is C21H23ClN2O4. The second-order valence-electron chi connectivity index (χ2n) is 6.60. The van der Waals surface area contributed by atoms with E-state index in [0.29, 0.717) is 17.2 Å². The van der Waals surface area contributed by atoms with Crippen LogP contribution in [0.15, 0.2) is 36.4 Å². The van der Waals surface area contributed by atoms with Gasteiger partial charge in [-0.25, -0.2) is 0 Å². The molecular weight excluding hydrogens is 380 g/mol. The van der Waals surface area contributed by atoms with Gasteiger partial charge in [0.25, 0.3) is 5.91 Å². The Kier molecular flexibility index (Phi) is 6.41. The van der Waals surface area contributed by atoms with Gasteiger partial charge in [0.1, 0.15) is 17.6 Å². The number of hydrogen-bond acceptors (Lipinski definition) is 4. The molecule has 2 N–H and O–H groups in total. The van der Waals surface area contributed by atoms with Gasteiger partial charge in [0.2, 0.25) is 5.91 Å². The van der Waals surface area contributed by atoms with Gasteiger partial charge in [0.05, 0.1) is 13.2 Å². The molecule has 1 aliphatic heterocycles. The predicted octanol–water partition coefficient (Wildman–Crippen LogP) is 3.11. The second kappa shape index (κ2) is 8.97. The van der Waals surface area contributed by atoms with Crippen molar-refractivity contribution >= 4 is 23.4 Å². The lowest BCUT2D eigenvalue weighted by Crippen LogP contribution is -2.36. The molecule has 2 aromatic carbocycles. The van der Waals surface area contributed by atoms with E-state index < -0.39 is 0 Å². The van der Waals surface area contributed by atoms with Gasteiger partial charge in [-0.15, -0.1) is 0 Å². The Morgan fingerprint density at radius 2 is 1.96 bits per heavy atom. The van der Waals surface area contributed by atoms with Gasteiger partial charge in [-0.1, -0.05) is 11.6 Å². The highest BCUT2D eigenvalue weighted by atomic mass is 35.5. The summed E-state index contributed by atoms with van der Waals surface area (Å²) >= 11 is 5.81. The monoisotopic (exact) mass is 402 g/mol. The number of hydrogen-bond donors (Lipinski definition) is 2. The van der Waals surface area contributed by atoms with Gasteiger partial charge < -0.3 is 20.1 Å². The summed E-state index contributed by atoms with van der Waals surface area (Å²) in [6.45, 7) is 4.64. The Hall–Kier alpha value is -2.73. The summed E-state index contributed by atoms with van der Waals surface area (Å²) in [5, 5.41) is 5.95. The van der Waals surface area contributed by atoms with Crippen molar-refractivity contribution in [1.82, 2.24) is 10.6 Å². The highest BCUT2D eigenvalue weighted by molar-refractivity contribution is 6.30. The minimum absolute atomic E-state index is 0.121. The maximum Gasteiger partial charge on any atom is 0.251 e. The molecule has 28 heavy (non-hydrogen) atoms. The van der Waals surface area contributed by atoms with Crippen LogP contribution in [0.3, 0.4) is 0 Å². The number of carbonyl (C=O) groups excluding carboxylic acids is 2. The number of rotatable bonds is 7. The van der Waals surface area contributed by atoms with E-state index in [1.54, 1.807) is 24.3 Å². The molecule has 0 spiro atoms. The van der Waals surface area contributed by atoms with Crippen LogP contribution in [0.4, 0.5) is 0 Å². The van der Waals surface area contributed by atoms with Crippen molar-refractivity contribution < 1.29 is 19.1 Å². The summed E-state index contributed by atoms with van der Waals surface area (Å²) in [6.07, 6.45) is 0.982. The normalized spacial score (nSPS) is 14.8. The molecule has 0 fully saturated rings. The molecule has 1 aliphatic rings. The van der Waals surface area contributed by atoms with E-state index in [-0.39, 0.29) is 31.0 Å². The fourth-order valence-electron chi connectivity index (χ4n) is 3.03. The Bertz CT molecular complexity index is 867. The third kappa shape index (κ3) is 4.95. The highest BCUT2D eigenvalue weighted by Gasteiger charge is 2.22. The first-order valence-electron chi connectivity index (χ1n) is 9.22. The van der Waals surface area contributed by atoms with Crippen LogP contribution in [-0.4, -0.2) is 31.1 Å². The second-order valence-corrected chi connectivity index (χ2v) is 7.04. The van der Waals surface area contributed by atoms with Crippen molar-refractivity contribution in [3.05, 3.63) is 58.1 Å². The van der Waals surface area contributed by atoms with Crippen molar-refractivity contribution in [3.63, 3.8) is 0 Å². The summed E-state index contributed by atoms with van der Waals surface area (Å²) in [6, 6.07) is 10.4. The van der Waals surface area contributed by atoms with Crippen LogP contribution in [0.25, 0.3) is 0 Å². The topological polar surface area (TPSA) is 76.7 Å². The van der Waals surface area contributed by atoms with Crippen LogP contribution in [-0.2, 0) is 17.8 Å². The molecule has 148 valence electrons. The SMILES string of the molecule is CCOc1cc2c(cc1CNC(=O)CNC(=O)c1ccc(Cl)cc1)O[C@H](C)C2. The van der Waals surface area contributed by atoms with Crippen molar-refractivity contribution in [2.75, 3.05) is 13.2 Å². The van der Waals surface area contributed by atoms with Crippen LogP contribution in [0.5, 0.6) is 11.5 Å².